The maximum absolute atomic E-state index is 12.0. The van der Waals surface area contributed by atoms with Crippen molar-refractivity contribution in [1.82, 2.24) is 10.2 Å². The summed E-state index contributed by atoms with van der Waals surface area (Å²) in [5, 5.41) is 5.43. The van der Waals surface area contributed by atoms with E-state index in [1.165, 1.54) is 0 Å². The van der Waals surface area contributed by atoms with Crippen LogP contribution < -0.4 is 16.4 Å². The van der Waals surface area contributed by atoms with Crippen molar-refractivity contribution in [2.75, 3.05) is 38.2 Å². The van der Waals surface area contributed by atoms with Crippen molar-refractivity contribution >= 4 is 23.2 Å². The van der Waals surface area contributed by atoms with E-state index >= 15 is 0 Å². The number of nitrogens with one attached hydrogen (secondary N) is 2. The lowest BCUT2D eigenvalue weighted by Gasteiger charge is -2.20. The number of nitrogens with zero attached hydrogens (tertiary/aromatic N) is 1. The maximum atomic E-state index is 12.0. The van der Waals surface area contributed by atoms with Crippen LogP contribution in [0.5, 0.6) is 0 Å². The van der Waals surface area contributed by atoms with Crippen LogP contribution in [-0.2, 0) is 9.59 Å². The second-order valence-electron chi connectivity index (χ2n) is 5.33. The summed E-state index contributed by atoms with van der Waals surface area (Å²) in [7, 11) is 3.42. The number of hydrogen-bond acceptors (Lipinski definition) is 4. The number of likely N-dealkylation sites (N-methyl/N-ethyl adjacent to an activating group) is 1. The number of aryl methyl sites for hydroxylation is 1. The summed E-state index contributed by atoms with van der Waals surface area (Å²) < 4.78 is 0. The number of carbonyl (C=O) groups excluding carboxylic acids is 2. The molecule has 1 aromatic carbocycles. The molecule has 0 radical (unpaired) electrons. The first-order valence-electron chi connectivity index (χ1n) is 6.89. The van der Waals surface area contributed by atoms with Crippen LogP contribution in [0.15, 0.2) is 18.2 Å². The SMILES string of the molecule is CNC(=O)C(C)CN(C)CC(=O)Nc1cc(N)ccc1C. The van der Waals surface area contributed by atoms with Crippen LogP contribution in [-0.4, -0.2) is 43.9 Å². The Labute approximate surface area is 125 Å². The van der Waals surface area contributed by atoms with Crippen LogP contribution >= 0.6 is 0 Å². The molecule has 0 aliphatic rings. The quantitative estimate of drug-likeness (QED) is 0.678. The van der Waals surface area contributed by atoms with E-state index in [2.05, 4.69) is 10.6 Å². The van der Waals surface area contributed by atoms with Crippen LogP contribution in [0.3, 0.4) is 0 Å². The van der Waals surface area contributed by atoms with Gasteiger partial charge in [0.05, 0.1) is 6.54 Å². The molecule has 0 aliphatic heterocycles. The number of rotatable bonds is 6. The Morgan fingerprint density at radius 3 is 2.67 bits per heavy atom. The van der Waals surface area contributed by atoms with E-state index in [9.17, 15) is 9.59 Å². The summed E-state index contributed by atoms with van der Waals surface area (Å²) in [6.07, 6.45) is 0. The fourth-order valence-corrected chi connectivity index (χ4v) is 2.07. The minimum absolute atomic E-state index is 0.0334. The van der Waals surface area contributed by atoms with Crippen molar-refractivity contribution < 1.29 is 9.59 Å². The number of nitrogens with two attached hydrogens (primary N) is 1. The van der Waals surface area contributed by atoms with Crippen molar-refractivity contribution in [3.63, 3.8) is 0 Å². The third kappa shape index (κ3) is 5.43. The number of benzene rings is 1. The molecule has 0 spiro atoms. The molecule has 1 atom stereocenters. The molecule has 0 saturated heterocycles. The molecule has 21 heavy (non-hydrogen) atoms. The van der Waals surface area contributed by atoms with Gasteiger partial charge in [-0.05, 0) is 31.7 Å². The zero-order valence-electron chi connectivity index (χ0n) is 13.1. The van der Waals surface area contributed by atoms with E-state index < -0.39 is 0 Å². The van der Waals surface area contributed by atoms with Gasteiger partial charge in [0.25, 0.3) is 0 Å². The van der Waals surface area contributed by atoms with Crippen LogP contribution in [0.1, 0.15) is 12.5 Å². The maximum Gasteiger partial charge on any atom is 0.238 e. The third-order valence-corrected chi connectivity index (χ3v) is 3.23. The molecule has 0 aliphatic carbocycles. The summed E-state index contributed by atoms with van der Waals surface area (Å²) in [6, 6.07) is 5.39. The zero-order valence-corrected chi connectivity index (χ0v) is 13.1. The molecule has 1 rings (SSSR count). The summed E-state index contributed by atoms with van der Waals surface area (Å²) in [5.74, 6) is -0.328. The number of amides is 2. The highest BCUT2D eigenvalue weighted by Crippen LogP contribution is 2.17. The fraction of sp³-hybridized carbons (Fsp3) is 0.467. The first-order chi connectivity index (χ1) is 9.83. The van der Waals surface area contributed by atoms with Crippen molar-refractivity contribution in [2.24, 2.45) is 5.92 Å². The highest BCUT2D eigenvalue weighted by molar-refractivity contribution is 5.93. The lowest BCUT2D eigenvalue weighted by atomic mass is 10.1. The van der Waals surface area contributed by atoms with Gasteiger partial charge in [-0.2, -0.15) is 0 Å². The molecule has 4 N–H and O–H groups in total. The summed E-state index contributed by atoms with van der Waals surface area (Å²) >= 11 is 0. The minimum atomic E-state index is -0.165. The first kappa shape index (κ1) is 17.0. The molecule has 0 bridgehead atoms. The molecular formula is C15H24N4O2. The van der Waals surface area contributed by atoms with E-state index in [1.807, 2.05) is 31.9 Å². The Morgan fingerprint density at radius 1 is 1.38 bits per heavy atom. The van der Waals surface area contributed by atoms with Gasteiger partial charge in [0.1, 0.15) is 0 Å². The predicted octanol–water partition coefficient (Wildman–Crippen LogP) is 0.830. The lowest BCUT2D eigenvalue weighted by molar-refractivity contribution is -0.125. The normalized spacial score (nSPS) is 12.0. The minimum Gasteiger partial charge on any atom is -0.399 e. The fourth-order valence-electron chi connectivity index (χ4n) is 2.07. The number of carbonyl (C=O) groups is 2. The average molecular weight is 292 g/mol. The smallest absolute Gasteiger partial charge is 0.238 e. The summed E-state index contributed by atoms with van der Waals surface area (Å²) in [6.45, 7) is 4.47. The predicted molar refractivity (Wildman–Crippen MR) is 84.9 cm³/mol. The molecule has 2 amide bonds. The Kier molecular flexibility index (Phi) is 6.17. The molecule has 0 aromatic heterocycles. The van der Waals surface area contributed by atoms with Crippen molar-refractivity contribution in [2.45, 2.75) is 13.8 Å². The first-order valence-corrected chi connectivity index (χ1v) is 6.89. The summed E-state index contributed by atoms with van der Waals surface area (Å²) in [5.41, 5.74) is 7.99. The van der Waals surface area contributed by atoms with Crippen LogP contribution in [0.2, 0.25) is 0 Å². The number of hydrogen-bond donors (Lipinski definition) is 3. The van der Waals surface area contributed by atoms with E-state index in [4.69, 9.17) is 5.73 Å². The second kappa shape index (κ2) is 7.64. The molecular weight excluding hydrogens is 268 g/mol. The number of anilines is 2. The van der Waals surface area contributed by atoms with Gasteiger partial charge >= 0.3 is 0 Å². The molecule has 0 fully saturated rings. The molecule has 6 heteroatoms. The Bertz CT molecular complexity index is 516. The molecule has 0 saturated carbocycles. The van der Waals surface area contributed by atoms with Crippen molar-refractivity contribution in [3.8, 4) is 0 Å². The monoisotopic (exact) mass is 292 g/mol. The average Bonchev–Trinajstić information content (AvgIpc) is 2.41. The third-order valence-electron chi connectivity index (χ3n) is 3.23. The molecule has 1 aromatic rings. The molecule has 6 nitrogen and oxygen atoms in total. The molecule has 1 unspecified atom stereocenters. The van der Waals surface area contributed by atoms with Crippen molar-refractivity contribution in [3.05, 3.63) is 23.8 Å². The standard InChI is InChI=1S/C15H24N4O2/c1-10-5-6-12(16)7-13(10)18-14(20)9-19(4)8-11(2)15(21)17-3/h5-7,11H,8-9,16H2,1-4H3,(H,17,21)(H,18,20). The highest BCUT2D eigenvalue weighted by Gasteiger charge is 2.15. The zero-order chi connectivity index (χ0) is 16.0. The number of nitrogen functional groups attached to an aromatic ring is 1. The van der Waals surface area contributed by atoms with E-state index in [1.54, 1.807) is 19.2 Å². The van der Waals surface area contributed by atoms with Gasteiger partial charge in [0, 0.05) is 30.9 Å². The van der Waals surface area contributed by atoms with E-state index in [0.717, 1.165) is 5.56 Å². The largest absolute Gasteiger partial charge is 0.399 e. The van der Waals surface area contributed by atoms with E-state index in [0.29, 0.717) is 17.9 Å². The van der Waals surface area contributed by atoms with Gasteiger partial charge in [-0.15, -0.1) is 0 Å². The van der Waals surface area contributed by atoms with Gasteiger partial charge in [0.2, 0.25) is 11.8 Å². The van der Waals surface area contributed by atoms with Gasteiger partial charge in [-0.1, -0.05) is 13.0 Å². The topological polar surface area (TPSA) is 87.5 Å². The van der Waals surface area contributed by atoms with Crippen LogP contribution in [0.4, 0.5) is 11.4 Å². The van der Waals surface area contributed by atoms with Gasteiger partial charge in [-0.25, -0.2) is 0 Å². The van der Waals surface area contributed by atoms with Gasteiger partial charge in [0.15, 0.2) is 0 Å². The van der Waals surface area contributed by atoms with Crippen LogP contribution in [0, 0.1) is 12.8 Å². The van der Waals surface area contributed by atoms with Gasteiger partial charge < -0.3 is 16.4 Å². The lowest BCUT2D eigenvalue weighted by Crippen LogP contribution is -2.38. The van der Waals surface area contributed by atoms with Crippen molar-refractivity contribution in [1.29, 1.82) is 0 Å². The molecule has 0 heterocycles. The second-order valence-corrected chi connectivity index (χ2v) is 5.33. The highest BCUT2D eigenvalue weighted by atomic mass is 16.2. The molecule has 116 valence electrons. The Balaban J connectivity index is 2.53. The van der Waals surface area contributed by atoms with Gasteiger partial charge in [-0.3, -0.25) is 14.5 Å². The summed E-state index contributed by atoms with van der Waals surface area (Å²) in [4.78, 5) is 25.3. The Morgan fingerprint density at radius 2 is 2.05 bits per heavy atom. The van der Waals surface area contributed by atoms with Crippen LogP contribution in [0.25, 0.3) is 0 Å². The Hall–Kier alpha value is -2.08. The van der Waals surface area contributed by atoms with E-state index in [-0.39, 0.29) is 24.3 Å².